The molecule has 0 aromatic carbocycles. The highest BCUT2D eigenvalue weighted by atomic mass is 16.5. The first-order valence-corrected chi connectivity index (χ1v) is 7.05. The molecule has 6 heteroatoms. The van der Waals surface area contributed by atoms with E-state index >= 15 is 0 Å². The Morgan fingerprint density at radius 1 is 1.37 bits per heavy atom. The van der Waals surface area contributed by atoms with Crippen LogP contribution in [0.1, 0.15) is 25.7 Å². The number of morpholine rings is 1. The second-order valence-corrected chi connectivity index (χ2v) is 5.86. The Kier molecular flexibility index (Phi) is 3.22. The number of carbonyl (C=O) groups excluding carboxylic acids is 2. The van der Waals surface area contributed by atoms with Gasteiger partial charge in [-0.3, -0.25) is 9.59 Å². The number of rotatable bonds is 4. The van der Waals surface area contributed by atoms with Crippen molar-refractivity contribution in [1.82, 2.24) is 10.2 Å². The van der Waals surface area contributed by atoms with E-state index in [1.165, 1.54) is 0 Å². The van der Waals surface area contributed by atoms with Crippen molar-refractivity contribution in [3.8, 4) is 0 Å². The standard InChI is InChI=1S/C13H21N3O3/c14-8-13(3-4-13)12(18)16-5-6-19-7-10(16)11(17)15-9-1-2-9/h9-10H,1-8,14H2,(H,15,17). The Labute approximate surface area is 112 Å². The first-order valence-electron chi connectivity index (χ1n) is 7.05. The molecule has 1 atom stereocenters. The summed E-state index contributed by atoms with van der Waals surface area (Å²) in [6.07, 6.45) is 3.77. The molecular weight excluding hydrogens is 246 g/mol. The second-order valence-electron chi connectivity index (χ2n) is 5.86. The van der Waals surface area contributed by atoms with Crippen molar-refractivity contribution in [2.24, 2.45) is 11.1 Å². The molecule has 3 fully saturated rings. The summed E-state index contributed by atoms with van der Waals surface area (Å²) in [7, 11) is 0. The Bertz CT molecular complexity index is 391. The Morgan fingerprint density at radius 3 is 2.68 bits per heavy atom. The molecule has 2 aliphatic carbocycles. The van der Waals surface area contributed by atoms with Crippen molar-refractivity contribution in [1.29, 1.82) is 0 Å². The minimum atomic E-state index is -0.481. The maximum Gasteiger partial charge on any atom is 0.245 e. The quantitative estimate of drug-likeness (QED) is 0.700. The summed E-state index contributed by atoms with van der Waals surface area (Å²) in [5, 5.41) is 2.95. The van der Waals surface area contributed by atoms with Crippen molar-refractivity contribution < 1.29 is 14.3 Å². The zero-order valence-electron chi connectivity index (χ0n) is 11.1. The average molecular weight is 267 g/mol. The first-order chi connectivity index (χ1) is 9.16. The maximum atomic E-state index is 12.5. The van der Waals surface area contributed by atoms with Gasteiger partial charge in [0, 0.05) is 19.1 Å². The van der Waals surface area contributed by atoms with Crippen LogP contribution in [-0.4, -0.2) is 55.1 Å². The van der Waals surface area contributed by atoms with Crippen LogP contribution in [0.3, 0.4) is 0 Å². The fraction of sp³-hybridized carbons (Fsp3) is 0.846. The number of hydrogen-bond donors (Lipinski definition) is 2. The van der Waals surface area contributed by atoms with Gasteiger partial charge in [0.25, 0.3) is 0 Å². The number of nitrogens with zero attached hydrogens (tertiary/aromatic N) is 1. The van der Waals surface area contributed by atoms with Crippen LogP contribution in [0, 0.1) is 5.41 Å². The van der Waals surface area contributed by atoms with Crippen molar-refractivity contribution in [2.75, 3.05) is 26.3 Å². The van der Waals surface area contributed by atoms with Gasteiger partial charge in [-0.2, -0.15) is 0 Å². The van der Waals surface area contributed by atoms with Crippen molar-refractivity contribution >= 4 is 11.8 Å². The number of hydrogen-bond acceptors (Lipinski definition) is 4. The normalized spacial score (nSPS) is 28.9. The summed E-state index contributed by atoms with van der Waals surface area (Å²) in [6.45, 7) is 1.66. The highest BCUT2D eigenvalue weighted by Gasteiger charge is 2.52. The molecule has 19 heavy (non-hydrogen) atoms. The SMILES string of the molecule is NCC1(C(=O)N2CCOCC2C(=O)NC2CC2)CC1. The third-order valence-electron chi connectivity index (χ3n) is 4.31. The van der Waals surface area contributed by atoms with Gasteiger partial charge in [-0.15, -0.1) is 0 Å². The lowest BCUT2D eigenvalue weighted by Crippen LogP contribution is -2.58. The van der Waals surface area contributed by atoms with Gasteiger partial charge in [0.1, 0.15) is 6.04 Å². The van der Waals surface area contributed by atoms with Gasteiger partial charge < -0.3 is 20.7 Å². The van der Waals surface area contributed by atoms with Crippen LogP contribution in [0.2, 0.25) is 0 Å². The Hall–Kier alpha value is -1.14. The van der Waals surface area contributed by atoms with Crippen LogP contribution in [-0.2, 0) is 14.3 Å². The van der Waals surface area contributed by atoms with Crippen LogP contribution >= 0.6 is 0 Å². The van der Waals surface area contributed by atoms with Gasteiger partial charge in [0.05, 0.1) is 18.6 Å². The zero-order valence-corrected chi connectivity index (χ0v) is 11.1. The Morgan fingerprint density at radius 2 is 2.11 bits per heavy atom. The summed E-state index contributed by atoms with van der Waals surface area (Å²) >= 11 is 0. The minimum Gasteiger partial charge on any atom is -0.377 e. The minimum absolute atomic E-state index is 0.0363. The highest BCUT2D eigenvalue weighted by Crippen LogP contribution is 2.46. The number of ether oxygens (including phenoxy) is 1. The molecule has 3 N–H and O–H groups in total. The van der Waals surface area contributed by atoms with Gasteiger partial charge in [-0.25, -0.2) is 0 Å². The average Bonchev–Trinajstić information content (AvgIpc) is 3.32. The van der Waals surface area contributed by atoms with Crippen LogP contribution in [0.4, 0.5) is 0 Å². The molecular formula is C13H21N3O3. The third-order valence-corrected chi connectivity index (χ3v) is 4.31. The third kappa shape index (κ3) is 2.47. The summed E-state index contributed by atoms with van der Waals surface area (Å²) in [5.41, 5.74) is 5.32. The fourth-order valence-electron chi connectivity index (χ4n) is 2.55. The van der Waals surface area contributed by atoms with E-state index in [9.17, 15) is 9.59 Å². The molecule has 0 aromatic heterocycles. The van der Waals surface area contributed by atoms with E-state index in [4.69, 9.17) is 10.5 Å². The summed E-state index contributed by atoms with van der Waals surface area (Å²) < 4.78 is 5.37. The molecule has 1 aliphatic heterocycles. The van der Waals surface area contributed by atoms with Crippen molar-refractivity contribution in [2.45, 2.75) is 37.8 Å². The topological polar surface area (TPSA) is 84.7 Å². The molecule has 3 rings (SSSR count). The lowest BCUT2D eigenvalue weighted by molar-refractivity contribution is -0.152. The smallest absolute Gasteiger partial charge is 0.245 e. The van der Waals surface area contributed by atoms with Crippen LogP contribution in [0.5, 0.6) is 0 Å². The van der Waals surface area contributed by atoms with E-state index < -0.39 is 11.5 Å². The summed E-state index contributed by atoms with van der Waals surface area (Å²) in [4.78, 5) is 26.4. The van der Waals surface area contributed by atoms with Crippen LogP contribution < -0.4 is 11.1 Å². The molecule has 0 spiro atoms. The van der Waals surface area contributed by atoms with E-state index in [1.807, 2.05) is 0 Å². The maximum absolute atomic E-state index is 12.5. The molecule has 1 unspecified atom stereocenters. The highest BCUT2D eigenvalue weighted by molar-refractivity contribution is 5.92. The second kappa shape index (κ2) is 4.76. The summed E-state index contributed by atoms with van der Waals surface area (Å²) in [5.74, 6) is -0.0439. The van der Waals surface area contributed by atoms with Crippen molar-refractivity contribution in [3.05, 3.63) is 0 Å². The van der Waals surface area contributed by atoms with Crippen molar-refractivity contribution in [3.63, 3.8) is 0 Å². The lowest BCUT2D eigenvalue weighted by Gasteiger charge is -2.36. The largest absolute Gasteiger partial charge is 0.377 e. The number of nitrogens with one attached hydrogen (secondary N) is 1. The van der Waals surface area contributed by atoms with E-state index in [1.54, 1.807) is 4.90 Å². The molecule has 2 amide bonds. The molecule has 2 saturated carbocycles. The molecule has 6 nitrogen and oxygen atoms in total. The van der Waals surface area contributed by atoms with Crippen LogP contribution in [0.15, 0.2) is 0 Å². The molecule has 0 radical (unpaired) electrons. The van der Waals surface area contributed by atoms with E-state index in [0.717, 1.165) is 25.7 Å². The lowest BCUT2D eigenvalue weighted by atomic mass is 10.0. The van der Waals surface area contributed by atoms with E-state index in [0.29, 0.717) is 32.3 Å². The predicted molar refractivity (Wildman–Crippen MR) is 68.2 cm³/mol. The molecule has 0 bridgehead atoms. The first kappa shape index (κ1) is 12.9. The van der Waals surface area contributed by atoms with E-state index in [-0.39, 0.29) is 11.8 Å². The number of carbonyl (C=O) groups is 2. The number of amides is 2. The summed E-state index contributed by atoms with van der Waals surface area (Å²) in [6, 6.07) is -0.179. The zero-order chi connectivity index (χ0) is 13.5. The fourth-order valence-corrected chi connectivity index (χ4v) is 2.55. The van der Waals surface area contributed by atoms with Crippen LogP contribution in [0.25, 0.3) is 0 Å². The Balaban J connectivity index is 1.69. The van der Waals surface area contributed by atoms with Gasteiger partial charge in [0.2, 0.25) is 11.8 Å². The van der Waals surface area contributed by atoms with Gasteiger partial charge in [-0.05, 0) is 25.7 Å². The monoisotopic (exact) mass is 267 g/mol. The van der Waals surface area contributed by atoms with Gasteiger partial charge >= 0.3 is 0 Å². The molecule has 0 aromatic rings. The van der Waals surface area contributed by atoms with E-state index in [2.05, 4.69) is 5.32 Å². The predicted octanol–water partition coefficient (Wildman–Crippen LogP) is -0.769. The number of nitrogens with two attached hydrogens (primary N) is 1. The molecule has 1 heterocycles. The van der Waals surface area contributed by atoms with Gasteiger partial charge in [0.15, 0.2) is 0 Å². The molecule has 3 aliphatic rings. The molecule has 1 saturated heterocycles. The molecule has 106 valence electrons. The van der Waals surface area contributed by atoms with Gasteiger partial charge in [-0.1, -0.05) is 0 Å².